The molecular formula is C35H51NO6. The minimum Gasteiger partial charge on any atom is -0.478 e. The highest BCUT2D eigenvalue weighted by Gasteiger charge is 2.70. The first-order chi connectivity index (χ1) is 19.4. The van der Waals surface area contributed by atoms with Gasteiger partial charge < -0.3 is 15.2 Å². The highest BCUT2D eigenvalue weighted by atomic mass is 16.5. The van der Waals surface area contributed by atoms with Crippen LogP contribution in [0.25, 0.3) is 0 Å². The Morgan fingerprint density at radius 2 is 1.60 bits per heavy atom. The van der Waals surface area contributed by atoms with E-state index in [1.165, 1.54) is 12.7 Å². The van der Waals surface area contributed by atoms with Crippen molar-refractivity contribution >= 4 is 23.6 Å². The zero-order chi connectivity index (χ0) is 31.1. The second-order valence-corrected chi connectivity index (χ2v) is 16.3. The van der Waals surface area contributed by atoms with E-state index in [9.17, 15) is 19.2 Å². The molecule has 5 aliphatic carbocycles. The fraction of sp³-hybridized carbons (Fsp3) is 0.771. The lowest BCUT2D eigenvalue weighted by molar-refractivity contribution is -0.190. The number of carbonyl (C=O) groups is 4. The van der Waals surface area contributed by atoms with Gasteiger partial charge in [-0.3, -0.25) is 14.4 Å². The molecule has 7 nitrogen and oxygen atoms in total. The average molecular weight is 582 g/mol. The van der Waals surface area contributed by atoms with Crippen LogP contribution in [0.15, 0.2) is 23.8 Å². The van der Waals surface area contributed by atoms with Crippen LogP contribution in [0, 0.1) is 50.2 Å². The number of ether oxygens (including phenoxy) is 1. The zero-order valence-electron chi connectivity index (χ0n) is 26.9. The number of carbonyl (C=O) groups excluding carboxylic acids is 3. The van der Waals surface area contributed by atoms with E-state index in [4.69, 9.17) is 9.84 Å². The maximum absolute atomic E-state index is 14.5. The zero-order valence-corrected chi connectivity index (χ0v) is 26.9. The highest BCUT2D eigenvalue weighted by molar-refractivity contribution is 5.96. The van der Waals surface area contributed by atoms with Gasteiger partial charge in [0.1, 0.15) is 0 Å². The summed E-state index contributed by atoms with van der Waals surface area (Å²) in [5, 5.41) is 12.0. The van der Waals surface area contributed by atoms with Gasteiger partial charge in [0.2, 0.25) is 5.91 Å². The van der Waals surface area contributed by atoms with E-state index in [1.807, 2.05) is 13.0 Å². The summed E-state index contributed by atoms with van der Waals surface area (Å²) in [5.74, 6) is -1.11. The molecule has 5 aliphatic rings. The molecule has 0 radical (unpaired) electrons. The van der Waals surface area contributed by atoms with Gasteiger partial charge in [-0.15, -0.1) is 0 Å². The molecule has 0 spiro atoms. The third-order valence-corrected chi connectivity index (χ3v) is 14.0. The fourth-order valence-corrected chi connectivity index (χ4v) is 11.2. The quantitative estimate of drug-likeness (QED) is 0.299. The van der Waals surface area contributed by atoms with E-state index in [-0.39, 0.29) is 68.5 Å². The number of allylic oxidation sites excluding steroid dienone is 2. The summed E-state index contributed by atoms with van der Waals surface area (Å²) in [6, 6.07) is -0.0973. The molecule has 9 atom stereocenters. The fourth-order valence-electron chi connectivity index (χ4n) is 11.2. The molecule has 0 saturated heterocycles. The largest absolute Gasteiger partial charge is 0.478 e. The molecule has 4 saturated carbocycles. The number of hydrogen-bond acceptors (Lipinski definition) is 5. The molecule has 5 rings (SSSR count). The monoisotopic (exact) mass is 581 g/mol. The second kappa shape index (κ2) is 9.79. The van der Waals surface area contributed by atoms with Crippen molar-refractivity contribution < 1.29 is 29.0 Å². The van der Waals surface area contributed by atoms with Crippen molar-refractivity contribution in [3.05, 3.63) is 23.8 Å². The predicted octanol–water partition coefficient (Wildman–Crippen LogP) is 6.27. The van der Waals surface area contributed by atoms with Gasteiger partial charge in [0.25, 0.3) is 0 Å². The minimum atomic E-state index is -1.14. The first-order valence-corrected chi connectivity index (χ1v) is 15.9. The number of amides is 1. The number of esters is 1. The Morgan fingerprint density at radius 3 is 2.24 bits per heavy atom. The number of hydrogen-bond donors (Lipinski definition) is 2. The molecule has 232 valence electrons. The Balaban J connectivity index is 1.50. The van der Waals surface area contributed by atoms with Crippen LogP contribution in [0.5, 0.6) is 0 Å². The van der Waals surface area contributed by atoms with Crippen LogP contribution in [0.2, 0.25) is 0 Å². The standard InChI is InChI=1S/C35H51NO6/c1-30(2)24-11-14-35(7)28(33(24,5)13-12-25(30)36-26(38)9-10-27(39)40)23(37)19-21-22-20-32(4,29(41)42-8)16-15-31(22,3)17-18-34(21,35)6/h9-10,19,22,24-25,28H,11-18,20H2,1-8H3,(H,36,38)(H,39,40)/b10-9-/t22?,24-,25?,28+,31+,32-,33-,34+,35+/m0/s1. The maximum Gasteiger partial charge on any atom is 0.328 e. The van der Waals surface area contributed by atoms with Crippen LogP contribution in [0.4, 0.5) is 0 Å². The molecule has 0 heterocycles. The van der Waals surface area contributed by atoms with Gasteiger partial charge in [-0.25, -0.2) is 4.79 Å². The SMILES string of the molecule is COC(=O)[C@@]1(C)CC[C@]2(C)CC[C@]3(C)C(=CC(=O)[C@@H]4[C@@]5(C)CCC(NC(=O)/C=C\C(=O)O)C(C)(C)[C@@H]5CC[C@]43C)C2C1. The van der Waals surface area contributed by atoms with Gasteiger partial charge in [-0.05, 0) is 110 Å². The number of ketones is 1. The molecular weight excluding hydrogens is 530 g/mol. The van der Waals surface area contributed by atoms with Crippen LogP contribution in [0.3, 0.4) is 0 Å². The summed E-state index contributed by atoms with van der Waals surface area (Å²) < 4.78 is 5.26. The van der Waals surface area contributed by atoms with Gasteiger partial charge in [-0.1, -0.05) is 47.1 Å². The Bertz CT molecular complexity index is 1270. The van der Waals surface area contributed by atoms with Crippen molar-refractivity contribution in [1.29, 1.82) is 0 Å². The van der Waals surface area contributed by atoms with Crippen molar-refractivity contribution in [2.75, 3.05) is 7.11 Å². The normalized spacial score (nSPS) is 45.9. The molecule has 2 N–H and O–H groups in total. The van der Waals surface area contributed by atoms with Crippen molar-refractivity contribution in [3.8, 4) is 0 Å². The molecule has 1 amide bonds. The average Bonchev–Trinajstić information content (AvgIpc) is 2.90. The van der Waals surface area contributed by atoms with Gasteiger partial charge in [0, 0.05) is 24.1 Å². The number of fused-ring (bicyclic) bond motifs is 7. The molecule has 42 heavy (non-hydrogen) atoms. The van der Waals surface area contributed by atoms with Crippen LogP contribution < -0.4 is 5.32 Å². The number of carboxylic acids is 1. The predicted molar refractivity (Wildman–Crippen MR) is 160 cm³/mol. The summed E-state index contributed by atoms with van der Waals surface area (Å²) in [6.07, 6.45) is 12.2. The maximum atomic E-state index is 14.5. The van der Waals surface area contributed by atoms with E-state index in [0.29, 0.717) is 0 Å². The molecule has 4 fully saturated rings. The third kappa shape index (κ3) is 4.26. The van der Waals surface area contributed by atoms with Crippen LogP contribution >= 0.6 is 0 Å². The Hall–Kier alpha value is -2.44. The lowest BCUT2D eigenvalue weighted by atomic mass is 9.33. The van der Waals surface area contributed by atoms with Crippen LogP contribution in [0.1, 0.15) is 106 Å². The molecule has 0 aliphatic heterocycles. The van der Waals surface area contributed by atoms with E-state index in [2.05, 4.69) is 46.9 Å². The number of nitrogens with one attached hydrogen (secondary N) is 1. The summed E-state index contributed by atoms with van der Waals surface area (Å²) >= 11 is 0. The molecule has 7 heteroatoms. The Labute approximate surface area is 251 Å². The van der Waals surface area contributed by atoms with Crippen LogP contribution in [-0.4, -0.2) is 41.9 Å². The topological polar surface area (TPSA) is 110 Å². The molecule has 0 aromatic rings. The third-order valence-electron chi connectivity index (χ3n) is 14.0. The second-order valence-electron chi connectivity index (χ2n) is 16.3. The molecule has 0 bridgehead atoms. The van der Waals surface area contributed by atoms with Gasteiger partial charge in [0.15, 0.2) is 5.78 Å². The number of carboxylic acid groups (broad SMARTS) is 1. The number of rotatable bonds is 4. The lowest BCUT2D eigenvalue weighted by Crippen LogP contribution is -2.67. The van der Waals surface area contributed by atoms with Gasteiger partial charge in [-0.2, -0.15) is 0 Å². The van der Waals surface area contributed by atoms with E-state index in [1.54, 1.807) is 0 Å². The van der Waals surface area contributed by atoms with Crippen molar-refractivity contribution in [1.82, 2.24) is 5.32 Å². The van der Waals surface area contributed by atoms with Crippen LogP contribution in [-0.2, 0) is 23.9 Å². The summed E-state index contributed by atoms with van der Waals surface area (Å²) in [4.78, 5) is 50.9. The van der Waals surface area contributed by atoms with Crippen molar-refractivity contribution in [2.24, 2.45) is 50.2 Å². The number of methoxy groups -OCH3 is 1. The first kappa shape index (κ1) is 31.0. The van der Waals surface area contributed by atoms with E-state index < -0.39 is 11.4 Å². The van der Waals surface area contributed by atoms with Crippen molar-refractivity contribution in [2.45, 2.75) is 112 Å². The summed E-state index contributed by atoms with van der Waals surface area (Å²) in [5.41, 5.74) is 0.0206. The minimum absolute atomic E-state index is 0.0802. The Morgan fingerprint density at radius 1 is 0.929 bits per heavy atom. The lowest BCUT2D eigenvalue weighted by Gasteiger charge is -2.70. The van der Waals surface area contributed by atoms with Crippen molar-refractivity contribution in [3.63, 3.8) is 0 Å². The van der Waals surface area contributed by atoms with E-state index >= 15 is 0 Å². The van der Waals surface area contributed by atoms with Gasteiger partial charge in [0.05, 0.1) is 12.5 Å². The molecule has 2 unspecified atom stereocenters. The molecule has 0 aromatic heterocycles. The van der Waals surface area contributed by atoms with E-state index in [0.717, 1.165) is 69.9 Å². The first-order valence-electron chi connectivity index (χ1n) is 15.9. The van der Waals surface area contributed by atoms with Gasteiger partial charge >= 0.3 is 11.9 Å². The Kier molecular flexibility index (Phi) is 7.22. The molecule has 0 aromatic carbocycles. The summed E-state index contributed by atoms with van der Waals surface area (Å²) in [6.45, 7) is 16.0. The smallest absolute Gasteiger partial charge is 0.328 e. The highest BCUT2D eigenvalue weighted by Crippen LogP contribution is 2.75. The number of aliphatic carboxylic acids is 1. The summed E-state index contributed by atoms with van der Waals surface area (Å²) in [7, 11) is 1.48.